The van der Waals surface area contributed by atoms with Crippen LogP contribution in [0.1, 0.15) is 8.22 Å². The van der Waals surface area contributed by atoms with Gasteiger partial charge in [0.1, 0.15) is 22.3 Å². The van der Waals surface area contributed by atoms with Crippen LogP contribution in [0.3, 0.4) is 0 Å². The summed E-state index contributed by atoms with van der Waals surface area (Å²) in [6.45, 7) is 0. The largest absolute Gasteiger partial charge is 0.456 e. The van der Waals surface area contributed by atoms with Crippen molar-refractivity contribution < 1.29 is 17.1 Å². The van der Waals surface area contributed by atoms with Crippen molar-refractivity contribution in [1.82, 2.24) is 15.0 Å². The van der Waals surface area contributed by atoms with E-state index >= 15 is 0 Å². The van der Waals surface area contributed by atoms with Crippen molar-refractivity contribution in [2.75, 3.05) is 0 Å². The van der Waals surface area contributed by atoms with Gasteiger partial charge in [-0.15, -0.1) is 11.3 Å². The molecular weight excluding hydrogens is 647 g/mol. The predicted molar refractivity (Wildman–Crippen MR) is 209 cm³/mol. The van der Waals surface area contributed by atoms with E-state index in [2.05, 4.69) is 0 Å². The second-order valence-corrected chi connectivity index (χ2v) is 13.3. The Hall–Kier alpha value is -6.63. The van der Waals surface area contributed by atoms with E-state index in [1.165, 1.54) is 11.3 Å². The topological polar surface area (TPSA) is 65.0 Å². The number of fused-ring (bicyclic) bond motifs is 9. The summed E-state index contributed by atoms with van der Waals surface area (Å²) in [6, 6.07) is 34.9. The molecule has 11 aromatic rings. The van der Waals surface area contributed by atoms with Gasteiger partial charge in [-0.2, -0.15) is 0 Å². The van der Waals surface area contributed by atoms with Crippen LogP contribution in [0.5, 0.6) is 0 Å². The van der Waals surface area contributed by atoms with Gasteiger partial charge < -0.3 is 8.83 Å². The number of hydrogen-bond donors (Lipinski definition) is 0. The molecule has 0 radical (unpaired) electrons. The van der Waals surface area contributed by atoms with Gasteiger partial charge in [-0.25, -0.2) is 15.0 Å². The Balaban J connectivity index is 1.16. The molecule has 51 heavy (non-hydrogen) atoms. The summed E-state index contributed by atoms with van der Waals surface area (Å²) in [4.78, 5) is 14.6. The molecule has 6 heteroatoms. The summed E-state index contributed by atoms with van der Waals surface area (Å²) in [7, 11) is 0. The summed E-state index contributed by atoms with van der Waals surface area (Å²) in [5.74, 6) is 0.721. The minimum Gasteiger partial charge on any atom is -0.456 e. The van der Waals surface area contributed by atoms with Gasteiger partial charge in [0.05, 0.1) is 8.22 Å². The lowest BCUT2D eigenvalue weighted by Gasteiger charge is -2.08. The standard InChI is InChI=1S/C45H25N3O2S/c1-2-9-26(10-3-1)43-46-44(28-19-22-40-36(24-28)32-12-5-7-16-38(32)50-40)48-45(47-43)29-17-20-33-34-14-8-13-30(42(34)51-41(33)25-29)27-18-21-39-35(23-27)31-11-4-6-15-37(31)49-39/h1-25H/i8D,13D,14D,17D,20D,25D. The molecule has 0 atom stereocenters. The lowest BCUT2D eigenvalue weighted by atomic mass is 10.0. The first-order valence-electron chi connectivity index (χ1n) is 19.4. The molecule has 0 aliphatic rings. The molecule has 0 saturated heterocycles. The van der Waals surface area contributed by atoms with E-state index in [1.807, 2.05) is 115 Å². The fourth-order valence-electron chi connectivity index (χ4n) is 6.81. The van der Waals surface area contributed by atoms with Crippen LogP contribution in [0.4, 0.5) is 0 Å². The molecule has 0 bridgehead atoms. The third-order valence-corrected chi connectivity index (χ3v) is 10.4. The molecule has 0 spiro atoms. The third-order valence-electron chi connectivity index (χ3n) is 9.25. The molecule has 0 fully saturated rings. The van der Waals surface area contributed by atoms with Gasteiger partial charge in [-0.1, -0.05) is 103 Å². The van der Waals surface area contributed by atoms with E-state index in [1.54, 1.807) is 0 Å². The number of hydrogen-bond acceptors (Lipinski definition) is 6. The highest BCUT2D eigenvalue weighted by atomic mass is 32.1. The quantitative estimate of drug-likeness (QED) is 0.185. The SMILES string of the molecule is [2H]c1c([2H])c([2H])c2c(sc3c([2H])c(-c4nc(-c5ccccc5)nc(-c5ccc6oc7ccccc7c6c5)n4)c([2H])c([2H])c32)c1-c1ccc2oc3ccccc3c2c1. The molecule has 4 heterocycles. The lowest BCUT2D eigenvalue weighted by Crippen LogP contribution is -2.00. The Labute approximate surface area is 303 Å². The molecule has 0 unspecified atom stereocenters. The van der Waals surface area contributed by atoms with E-state index in [4.69, 9.17) is 27.9 Å². The van der Waals surface area contributed by atoms with Crippen molar-refractivity contribution in [1.29, 1.82) is 0 Å². The van der Waals surface area contributed by atoms with Gasteiger partial charge in [0.25, 0.3) is 0 Å². The average molecular weight is 678 g/mol. The molecule has 7 aromatic carbocycles. The van der Waals surface area contributed by atoms with Crippen molar-refractivity contribution in [2.24, 2.45) is 0 Å². The summed E-state index contributed by atoms with van der Waals surface area (Å²) in [6.07, 6.45) is 0. The fourth-order valence-corrected chi connectivity index (χ4v) is 7.95. The van der Waals surface area contributed by atoms with Crippen molar-refractivity contribution in [3.05, 3.63) is 152 Å². The van der Waals surface area contributed by atoms with Crippen molar-refractivity contribution in [3.8, 4) is 45.3 Å². The number of furan rings is 2. The van der Waals surface area contributed by atoms with E-state index < -0.39 is 0 Å². The normalized spacial score (nSPS) is 13.6. The van der Waals surface area contributed by atoms with E-state index in [-0.39, 0.29) is 58.4 Å². The monoisotopic (exact) mass is 677 g/mol. The zero-order chi connectivity index (χ0) is 38.7. The van der Waals surface area contributed by atoms with Crippen LogP contribution in [0.25, 0.3) is 109 Å². The first-order valence-corrected chi connectivity index (χ1v) is 17.2. The molecular formula is C45H25N3O2S. The van der Waals surface area contributed by atoms with E-state index in [0.29, 0.717) is 54.5 Å². The van der Waals surface area contributed by atoms with Gasteiger partial charge >= 0.3 is 0 Å². The minimum atomic E-state index is -0.298. The molecule has 5 nitrogen and oxygen atoms in total. The maximum atomic E-state index is 9.63. The Morgan fingerprint density at radius 3 is 1.76 bits per heavy atom. The van der Waals surface area contributed by atoms with E-state index in [9.17, 15) is 4.11 Å². The zero-order valence-corrected chi connectivity index (χ0v) is 27.4. The first-order chi connectivity index (χ1) is 27.7. The molecule has 0 aliphatic heterocycles. The Kier molecular flexibility index (Phi) is 4.91. The van der Waals surface area contributed by atoms with Gasteiger partial charge in [0.15, 0.2) is 17.5 Å². The number of benzene rings is 7. The Morgan fingerprint density at radius 2 is 1.04 bits per heavy atom. The van der Waals surface area contributed by atoms with Gasteiger partial charge in [0, 0.05) is 58.4 Å². The number of nitrogens with zero attached hydrogens (tertiary/aromatic N) is 3. The average Bonchev–Trinajstić information content (AvgIpc) is 3.94. The summed E-state index contributed by atoms with van der Waals surface area (Å²) >= 11 is 1.18. The van der Waals surface area contributed by atoms with Crippen LogP contribution >= 0.6 is 11.3 Å². The van der Waals surface area contributed by atoms with Crippen LogP contribution in [-0.2, 0) is 0 Å². The maximum absolute atomic E-state index is 9.63. The number of thiophene rings is 1. The van der Waals surface area contributed by atoms with Crippen LogP contribution in [-0.4, -0.2) is 15.0 Å². The Bertz CT molecular complexity index is 3510. The molecule has 11 rings (SSSR count). The van der Waals surface area contributed by atoms with Crippen LogP contribution in [0, 0.1) is 0 Å². The maximum Gasteiger partial charge on any atom is 0.164 e. The first kappa shape index (κ1) is 22.9. The molecule has 0 aliphatic carbocycles. The highest BCUT2D eigenvalue weighted by molar-refractivity contribution is 7.26. The second-order valence-electron chi connectivity index (χ2n) is 12.3. The van der Waals surface area contributed by atoms with Crippen molar-refractivity contribution in [3.63, 3.8) is 0 Å². The fraction of sp³-hybridized carbons (Fsp3) is 0. The molecule has 0 saturated carbocycles. The van der Waals surface area contributed by atoms with Crippen LogP contribution in [0.15, 0.2) is 160 Å². The molecule has 0 N–H and O–H groups in total. The summed E-state index contributed by atoms with van der Waals surface area (Å²) < 4.78 is 68.3. The predicted octanol–water partition coefficient (Wildman–Crippen LogP) is 12.7. The third kappa shape index (κ3) is 4.50. The molecule has 4 aromatic heterocycles. The highest BCUT2D eigenvalue weighted by Crippen LogP contribution is 2.42. The number of aromatic nitrogens is 3. The van der Waals surface area contributed by atoms with Crippen molar-refractivity contribution >= 4 is 75.4 Å². The van der Waals surface area contributed by atoms with E-state index in [0.717, 1.165) is 32.7 Å². The van der Waals surface area contributed by atoms with Crippen molar-refractivity contribution in [2.45, 2.75) is 0 Å². The second kappa shape index (κ2) is 10.9. The highest BCUT2D eigenvalue weighted by Gasteiger charge is 2.17. The number of para-hydroxylation sites is 2. The van der Waals surface area contributed by atoms with Crippen LogP contribution in [0.2, 0.25) is 0 Å². The smallest absolute Gasteiger partial charge is 0.164 e. The summed E-state index contributed by atoms with van der Waals surface area (Å²) in [5.41, 5.74) is 5.38. The molecule has 238 valence electrons. The minimum absolute atomic E-state index is 0.0475. The lowest BCUT2D eigenvalue weighted by molar-refractivity contribution is 0.668. The summed E-state index contributed by atoms with van der Waals surface area (Å²) in [5, 5.41) is 4.07. The number of rotatable bonds is 4. The van der Waals surface area contributed by atoms with Gasteiger partial charge in [0.2, 0.25) is 0 Å². The zero-order valence-electron chi connectivity index (χ0n) is 32.5. The van der Waals surface area contributed by atoms with Crippen LogP contribution < -0.4 is 0 Å². The molecule has 0 amide bonds. The van der Waals surface area contributed by atoms with Gasteiger partial charge in [-0.3, -0.25) is 0 Å². The Morgan fingerprint density at radius 1 is 0.451 bits per heavy atom. The van der Waals surface area contributed by atoms with Gasteiger partial charge in [-0.05, 0) is 59.6 Å².